The molecule has 0 aliphatic heterocycles. The van der Waals surface area contributed by atoms with Crippen LogP contribution in [0.15, 0.2) is 45.9 Å². The van der Waals surface area contributed by atoms with Gasteiger partial charge in [-0.3, -0.25) is 9.79 Å². The summed E-state index contributed by atoms with van der Waals surface area (Å²) >= 11 is 0. The summed E-state index contributed by atoms with van der Waals surface area (Å²) in [5.41, 5.74) is 2.10. The summed E-state index contributed by atoms with van der Waals surface area (Å²) in [6.45, 7) is 8.18. The Kier molecular flexibility index (Phi) is 12.1. The fraction of sp³-hybridized carbons (Fsp3) is 0.500. The second-order valence-electron chi connectivity index (χ2n) is 6.90. The second kappa shape index (κ2) is 14.0. The molecule has 1 amide bonds. The number of rotatable bonds is 10. The van der Waals surface area contributed by atoms with Crippen molar-refractivity contribution in [3.63, 3.8) is 0 Å². The lowest BCUT2D eigenvalue weighted by atomic mass is 9.99. The van der Waals surface area contributed by atoms with Gasteiger partial charge in [-0.05, 0) is 25.3 Å². The first-order chi connectivity index (χ1) is 14.1. The van der Waals surface area contributed by atoms with E-state index in [1.807, 2.05) is 48.2 Å². The molecule has 0 radical (unpaired) electrons. The number of hydrogen-bond acceptors (Lipinski definition) is 4. The number of aromatic nitrogens is 1. The van der Waals surface area contributed by atoms with Crippen LogP contribution >= 0.6 is 24.0 Å². The van der Waals surface area contributed by atoms with Gasteiger partial charge in [0.25, 0.3) is 0 Å². The monoisotopic (exact) mass is 527 g/mol. The van der Waals surface area contributed by atoms with Crippen LogP contribution in [0.1, 0.15) is 56.5 Å². The van der Waals surface area contributed by atoms with Gasteiger partial charge in [-0.2, -0.15) is 0 Å². The minimum Gasteiger partial charge on any atom is -0.359 e. The van der Waals surface area contributed by atoms with Gasteiger partial charge in [-0.1, -0.05) is 49.3 Å². The molecule has 1 aromatic heterocycles. The van der Waals surface area contributed by atoms with E-state index < -0.39 is 0 Å². The number of likely N-dealkylation sites (N-methyl/N-ethyl adjacent to an activating group) is 1. The molecule has 7 nitrogen and oxygen atoms in total. The van der Waals surface area contributed by atoms with Crippen molar-refractivity contribution in [2.45, 2.75) is 52.6 Å². The van der Waals surface area contributed by atoms with Crippen molar-refractivity contribution >= 4 is 35.8 Å². The number of carbonyl (C=O) groups excluding carboxylic acids is 1. The van der Waals surface area contributed by atoms with Gasteiger partial charge in [0.05, 0.1) is 18.8 Å². The number of nitrogens with one attached hydrogen (secondary N) is 2. The van der Waals surface area contributed by atoms with E-state index in [2.05, 4.69) is 34.6 Å². The lowest BCUT2D eigenvalue weighted by molar-refractivity contribution is -0.130. The van der Waals surface area contributed by atoms with Gasteiger partial charge in [-0.15, -0.1) is 24.0 Å². The van der Waals surface area contributed by atoms with Crippen LogP contribution in [0.2, 0.25) is 0 Å². The van der Waals surface area contributed by atoms with E-state index in [0.29, 0.717) is 31.5 Å². The summed E-state index contributed by atoms with van der Waals surface area (Å²) in [5.74, 6) is 1.75. The number of hydrogen-bond donors (Lipinski definition) is 2. The molecule has 1 heterocycles. The molecule has 0 unspecified atom stereocenters. The first kappa shape index (κ1) is 25.9. The molecule has 0 aliphatic rings. The summed E-state index contributed by atoms with van der Waals surface area (Å²) in [6, 6.07) is 12.0. The van der Waals surface area contributed by atoms with Crippen LogP contribution in [-0.2, 0) is 17.9 Å². The number of nitrogens with zero attached hydrogens (tertiary/aromatic N) is 3. The third-order valence-corrected chi connectivity index (χ3v) is 4.99. The summed E-state index contributed by atoms with van der Waals surface area (Å²) < 4.78 is 5.42. The molecular formula is C22H34IN5O2. The van der Waals surface area contributed by atoms with Crippen molar-refractivity contribution in [3.05, 3.63) is 53.4 Å². The Morgan fingerprint density at radius 3 is 2.47 bits per heavy atom. The largest absolute Gasteiger partial charge is 0.359 e. The third kappa shape index (κ3) is 7.97. The van der Waals surface area contributed by atoms with Gasteiger partial charge in [0, 0.05) is 32.1 Å². The van der Waals surface area contributed by atoms with E-state index in [0.717, 1.165) is 29.9 Å². The van der Waals surface area contributed by atoms with E-state index in [1.54, 1.807) is 7.05 Å². The Hall–Kier alpha value is -2.10. The molecular weight excluding hydrogens is 493 g/mol. The summed E-state index contributed by atoms with van der Waals surface area (Å²) in [6.07, 6.45) is 2.08. The Morgan fingerprint density at radius 1 is 1.17 bits per heavy atom. The lowest BCUT2D eigenvalue weighted by Crippen LogP contribution is -2.44. The number of guanidine groups is 1. The number of benzene rings is 1. The van der Waals surface area contributed by atoms with E-state index >= 15 is 0 Å². The first-order valence-electron chi connectivity index (χ1n) is 10.3. The molecule has 0 saturated carbocycles. The molecule has 0 atom stereocenters. The maximum absolute atomic E-state index is 12.6. The molecule has 2 aromatic rings. The zero-order valence-electron chi connectivity index (χ0n) is 18.4. The fourth-order valence-corrected chi connectivity index (χ4v) is 3.15. The molecule has 0 saturated heterocycles. The maximum Gasteiger partial charge on any atom is 0.242 e. The van der Waals surface area contributed by atoms with E-state index in [4.69, 9.17) is 4.52 Å². The van der Waals surface area contributed by atoms with Gasteiger partial charge in [-0.25, -0.2) is 0 Å². The molecule has 0 aliphatic carbocycles. The van der Waals surface area contributed by atoms with E-state index in [1.165, 1.54) is 0 Å². The molecule has 2 N–H and O–H groups in total. The smallest absolute Gasteiger partial charge is 0.242 e. The van der Waals surface area contributed by atoms with Crippen LogP contribution in [0, 0.1) is 0 Å². The predicted molar refractivity (Wildman–Crippen MR) is 131 cm³/mol. The highest BCUT2D eigenvalue weighted by molar-refractivity contribution is 14.0. The molecule has 2 rings (SSSR count). The number of amides is 1. The SMILES string of the molecule is CCC(CC)c1cc(CNC(=NC)NCC(=O)N(CC)Cc2ccccc2)on1.I. The second-order valence-corrected chi connectivity index (χ2v) is 6.90. The molecule has 1 aromatic carbocycles. The van der Waals surface area contributed by atoms with Crippen LogP contribution in [0.5, 0.6) is 0 Å². The molecule has 0 bridgehead atoms. The zero-order valence-corrected chi connectivity index (χ0v) is 20.7. The van der Waals surface area contributed by atoms with Gasteiger partial charge >= 0.3 is 0 Å². The summed E-state index contributed by atoms with van der Waals surface area (Å²) in [4.78, 5) is 18.6. The fourth-order valence-electron chi connectivity index (χ4n) is 3.15. The van der Waals surface area contributed by atoms with Crippen LogP contribution in [-0.4, -0.2) is 42.1 Å². The quantitative estimate of drug-likeness (QED) is 0.278. The zero-order chi connectivity index (χ0) is 21.1. The Bertz CT molecular complexity index is 775. The summed E-state index contributed by atoms with van der Waals surface area (Å²) in [7, 11) is 1.68. The molecule has 0 spiro atoms. The number of aliphatic imine (C=N–C) groups is 1. The van der Waals surface area contributed by atoms with Crippen molar-refractivity contribution in [3.8, 4) is 0 Å². The molecule has 30 heavy (non-hydrogen) atoms. The van der Waals surface area contributed by atoms with Gasteiger partial charge in [0.1, 0.15) is 0 Å². The van der Waals surface area contributed by atoms with Crippen molar-refractivity contribution < 1.29 is 9.32 Å². The topological polar surface area (TPSA) is 82.8 Å². The Labute approximate surface area is 196 Å². The van der Waals surface area contributed by atoms with Crippen LogP contribution in [0.3, 0.4) is 0 Å². The number of carbonyl (C=O) groups is 1. The highest BCUT2D eigenvalue weighted by Gasteiger charge is 2.15. The highest BCUT2D eigenvalue weighted by Crippen LogP contribution is 2.22. The Balaban J connectivity index is 0.00000450. The van der Waals surface area contributed by atoms with Crippen LogP contribution < -0.4 is 10.6 Å². The van der Waals surface area contributed by atoms with Crippen LogP contribution in [0.4, 0.5) is 0 Å². The molecule has 166 valence electrons. The van der Waals surface area contributed by atoms with Crippen molar-refractivity contribution in [1.82, 2.24) is 20.7 Å². The molecule has 8 heteroatoms. The first-order valence-corrected chi connectivity index (χ1v) is 10.3. The highest BCUT2D eigenvalue weighted by atomic mass is 127. The van der Waals surface area contributed by atoms with Gasteiger partial charge in [0.2, 0.25) is 5.91 Å². The van der Waals surface area contributed by atoms with Crippen LogP contribution in [0.25, 0.3) is 0 Å². The minimum atomic E-state index is 0. The van der Waals surface area contributed by atoms with E-state index in [-0.39, 0.29) is 36.4 Å². The third-order valence-electron chi connectivity index (χ3n) is 4.99. The lowest BCUT2D eigenvalue weighted by Gasteiger charge is -2.22. The Morgan fingerprint density at radius 2 is 1.87 bits per heavy atom. The summed E-state index contributed by atoms with van der Waals surface area (Å²) in [5, 5.41) is 10.4. The van der Waals surface area contributed by atoms with Crippen molar-refractivity contribution in [1.29, 1.82) is 0 Å². The average molecular weight is 527 g/mol. The standard InChI is InChI=1S/C22H33N5O2.HI/c1-5-18(6-2)20-13-19(29-26-20)14-24-22(23-4)25-15-21(28)27(7-3)16-17-11-9-8-10-12-17;/h8-13,18H,5-7,14-16H2,1-4H3,(H2,23,24,25);1H. The molecule has 0 fully saturated rings. The average Bonchev–Trinajstić information content (AvgIpc) is 3.22. The van der Waals surface area contributed by atoms with E-state index in [9.17, 15) is 4.79 Å². The normalized spacial score (nSPS) is 11.2. The van der Waals surface area contributed by atoms with Gasteiger partial charge in [0.15, 0.2) is 11.7 Å². The maximum atomic E-state index is 12.6. The van der Waals surface area contributed by atoms with Crippen molar-refractivity contribution in [2.75, 3.05) is 20.1 Å². The van der Waals surface area contributed by atoms with Crippen molar-refractivity contribution in [2.24, 2.45) is 4.99 Å². The minimum absolute atomic E-state index is 0. The van der Waals surface area contributed by atoms with Gasteiger partial charge < -0.3 is 20.1 Å². The predicted octanol–water partition coefficient (Wildman–Crippen LogP) is 3.91. The number of halogens is 1.